The topological polar surface area (TPSA) is 60.3 Å². The summed E-state index contributed by atoms with van der Waals surface area (Å²) in [6, 6.07) is 11.7. The Morgan fingerprint density at radius 3 is 2.44 bits per heavy atom. The standard InChI is InChI=1S/C27H27ClN2O3S/c1-7-30-21-11-10-19(28)13-20(21)16(4)24(30)25(31)29-26-23(27(32)33-6)22(17(5)34-26)18-9-8-14(2)15(3)12-18/h8-13H,7H2,1-6H3,(H,29,31). The van der Waals surface area contributed by atoms with E-state index in [1.807, 2.05) is 62.6 Å². The molecule has 7 heteroatoms. The van der Waals surface area contributed by atoms with Gasteiger partial charge in [-0.05, 0) is 75.1 Å². The van der Waals surface area contributed by atoms with Crippen LogP contribution in [0.5, 0.6) is 0 Å². The van der Waals surface area contributed by atoms with Gasteiger partial charge in [0, 0.05) is 32.9 Å². The lowest BCUT2D eigenvalue weighted by Crippen LogP contribution is -2.19. The zero-order valence-corrected chi connectivity index (χ0v) is 21.7. The van der Waals surface area contributed by atoms with Gasteiger partial charge in [-0.3, -0.25) is 4.79 Å². The third-order valence-corrected chi connectivity index (χ3v) is 7.56. The molecule has 1 N–H and O–H groups in total. The van der Waals surface area contributed by atoms with Crippen LogP contribution in [0.1, 0.15) is 49.3 Å². The lowest BCUT2D eigenvalue weighted by molar-refractivity contribution is 0.0603. The molecule has 176 valence electrons. The molecule has 0 bridgehead atoms. The third kappa shape index (κ3) is 4.01. The van der Waals surface area contributed by atoms with Crippen LogP contribution in [-0.2, 0) is 11.3 Å². The van der Waals surface area contributed by atoms with Gasteiger partial charge in [0.15, 0.2) is 0 Å². The van der Waals surface area contributed by atoms with E-state index in [2.05, 4.69) is 18.3 Å². The highest BCUT2D eigenvalue weighted by atomic mass is 35.5. The Morgan fingerprint density at radius 1 is 1.06 bits per heavy atom. The van der Waals surface area contributed by atoms with Gasteiger partial charge in [0.2, 0.25) is 0 Å². The second-order valence-corrected chi connectivity index (χ2v) is 10.0. The van der Waals surface area contributed by atoms with Crippen molar-refractivity contribution in [2.24, 2.45) is 0 Å². The summed E-state index contributed by atoms with van der Waals surface area (Å²) in [5.41, 5.74) is 6.73. The van der Waals surface area contributed by atoms with Crippen LogP contribution in [-0.4, -0.2) is 23.6 Å². The van der Waals surface area contributed by atoms with E-state index < -0.39 is 5.97 Å². The Kier molecular flexibility index (Phi) is 6.56. The summed E-state index contributed by atoms with van der Waals surface area (Å²) in [5.74, 6) is -0.753. The maximum absolute atomic E-state index is 13.6. The van der Waals surface area contributed by atoms with E-state index in [1.54, 1.807) is 0 Å². The Bertz CT molecular complexity index is 1450. The average molecular weight is 495 g/mol. The number of anilines is 1. The van der Waals surface area contributed by atoms with E-state index in [0.717, 1.165) is 38.0 Å². The van der Waals surface area contributed by atoms with Crippen molar-refractivity contribution in [3.05, 3.63) is 74.2 Å². The van der Waals surface area contributed by atoms with E-state index in [-0.39, 0.29) is 5.91 Å². The molecule has 2 heterocycles. The van der Waals surface area contributed by atoms with Gasteiger partial charge in [-0.15, -0.1) is 11.3 Å². The van der Waals surface area contributed by atoms with E-state index in [0.29, 0.717) is 27.8 Å². The second-order valence-electron chi connectivity index (χ2n) is 8.36. The molecule has 34 heavy (non-hydrogen) atoms. The molecule has 2 aromatic carbocycles. The summed E-state index contributed by atoms with van der Waals surface area (Å²) in [5, 5.41) is 5.05. The summed E-state index contributed by atoms with van der Waals surface area (Å²) in [6.45, 7) is 10.6. The van der Waals surface area contributed by atoms with Gasteiger partial charge >= 0.3 is 5.97 Å². The highest BCUT2D eigenvalue weighted by Gasteiger charge is 2.27. The minimum absolute atomic E-state index is 0.273. The van der Waals surface area contributed by atoms with Crippen molar-refractivity contribution in [2.75, 3.05) is 12.4 Å². The highest BCUT2D eigenvalue weighted by Crippen LogP contribution is 2.41. The number of amides is 1. The Hall–Kier alpha value is -3.09. The van der Waals surface area contributed by atoms with Crippen LogP contribution < -0.4 is 5.32 Å². The molecule has 0 aliphatic rings. The van der Waals surface area contributed by atoms with Gasteiger partial charge in [-0.1, -0.05) is 29.8 Å². The molecule has 4 aromatic rings. The number of nitrogens with one attached hydrogen (secondary N) is 1. The number of rotatable bonds is 5. The van der Waals surface area contributed by atoms with Gasteiger partial charge in [-0.25, -0.2) is 4.79 Å². The molecule has 0 spiro atoms. The average Bonchev–Trinajstić information content (AvgIpc) is 3.28. The predicted octanol–water partition coefficient (Wildman–Crippen LogP) is 7.32. The van der Waals surface area contributed by atoms with Gasteiger partial charge in [-0.2, -0.15) is 0 Å². The Labute approximate surface area is 208 Å². The van der Waals surface area contributed by atoms with Crippen LogP contribution in [0.15, 0.2) is 36.4 Å². The van der Waals surface area contributed by atoms with Gasteiger partial charge in [0.05, 0.1) is 7.11 Å². The fourth-order valence-corrected chi connectivity index (χ4v) is 5.68. The largest absolute Gasteiger partial charge is 0.465 e. The summed E-state index contributed by atoms with van der Waals surface area (Å²) in [6.07, 6.45) is 0. The van der Waals surface area contributed by atoms with Crippen LogP contribution in [0.2, 0.25) is 5.02 Å². The summed E-state index contributed by atoms with van der Waals surface area (Å²) >= 11 is 7.59. The number of carbonyl (C=O) groups excluding carboxylic acids is 2. The van der Waals surface area contributed by atoms with Crippen molar-refractivity contribution in [3.8, 4) is 11.1 Å². The molecule has 0 aliphatic heterocycles. The third-order valence-electron chi connectivity index (χ3n) is 6.31. The fraction of sp³-hybridized carbons (Fsp3) is 0.259. The van der Waals surface area contributed by atoms with Crippen molar-refractivity contribution >= 4 is 50.7 Å². The van der Waals surface area contributed by atoms with Gasteiger partial charge in [0.1, 0.15) is 16.3 Å². The van der Waals surface area contributed by atoms with E-state index >= 15 is 0 Å². The normalized spacial score (nSPS) is 11.1. The van der Waals surface area contributed by atoms with Crippen LogP contribution in [0.3, 0.4) is 0 Å². The zero-order valence-electron chi connectivity index (χ0n) is 20.1. The number of aryl methyl sites for hydroxylation is 5. The molecule has 1 amide bonds. The lowest BCUT2D eigenvalue weighted by atomic mass is 9.97. The fourth-order valence-electron chi connectivity index (χ4n) is 4.45. The number of hydrogen-bond acceptors (Lipinski definition) is 4. The van der Waals surface area contributed by atoms with Crippen LogP contribution in [0.25, 0.3) is 22.0 Å². The molecule has 0 saturated heterocycles. The molecule has 0 unspecified atom stereocenters. The summed E-state index contributed by atoms with van der Waals surface area (Å²) < 4.78 is 7.09. The number of methoxy groups -OCH3 is 1. The molecule has 5 nitrogen and oxygen atoms in total. The SMILES string of the molecule is CCn1c(C(=O)Nc2sc(C)c(-c3ccc(C)c(C)c3)c2C(=O)OC)c(C)c2cc(Cl)ccc21. The van der Waals surface area contributed by atoms with E-state index in [1.165, 1.54) is 24.0 Å². The number of esters is 1. The number of carbonyl (C=O) groups is 2. The molecule has 0 saturated carbocycles. The molecule has 0 aliphatic carbocycles. The molecule has 0 fully saturated rings. The number of ether oxygens (including phenoxy) is 1. The maximum atomic E-state index is 13.6. The molecule has 0 radical (unpaired) electrons. The molecular formula is C27H27ClN2O3S. The van der Waals surface area contributed by atoms with Crippen LogP contribution in [0.4, 0.5) is 5.00 Å². The maximum Gasteiger partial charge on any atom is 0.341 e. The Balaban J connectivity index is 1.84. The number of thiophene rings is 1. The molecule has 2 aromatic heterocycles. The van der Waals surface area contributed by atoms with Crippen molar-refractivity contribution < 1.29 is 14.3 Å². The van der Waals surface area contributed by atoms with Gasteiger partial charge in [0.25, 0.3) is 5.91 Å². The molecule has 4 rings (SSSR count). The Morgan fingerprint density at radius 2 is 1.79 bits per heavy atom. The van der Waals surface area contributed by atoms with Crippen molar-refractivity contribution in [1.29, 1.82) is 0 Å². The highest BCUT2D eigenvalue weighted by molar-refractivity contribution is 7.17. The first-order chi connectivity index (χ1) is 16.2. The first-order valence-corrected chi connectivity index (χ1v) is 12.3. The van der Waals surface area contributed by atoms with Crippen molar-refractivity contribution in [3.63, 3.8) is 0 Å². The van der Waals surface area contributed by atoms with Crippen LogP contribution >= 0.6 is 22.9 Å². The van der Waals surface area contributed by atoms with Gasteiger partial charge < -0.3 is 14.6 Å². The summed E-state index contributed by atoms with van der Waals surface area (Å²) in [7, 11) is 1.36. The molecular weight excluding hydrogens is 468 g/mol. The monoisotopic (exact) mass is 494 g/mol. The first-order valence-electron chi connectivity index (χ1n) is 11.1. The van der Waals surface area contributed by atoms with E-state index in [4.69, 9.17) is 16.3 Å². The number of halogens is 1. The molecule has 0 atom stereocenters. The number of benzene rings is 2. The second kappa shape index (κ2) is 9.28. The van der Waals surface area contributed by atoms with Crippen LogP contribution in [0, 0.1) is 27.7 Å². The number of hydrogen-bond donors (Lipinski definition) is 1. The quantitative estimate of drug-likeness (QED) is 0.296. The zero-order chi connectivity index (χ0) is 24.7. The minimum Gasteiger partial charge on any atom is -0.465 e. The number of fused-ring (bicyclic) bond motifs is 1. The van der Waals surface area contributed by atoms with E-state index in [9.17, 15) is 9.59 Å². The first kappa shape index (κ1) is 24.0. The smallest absolute Gasteiger partial charge is 0.341 e. The predicted molar refractivity (Wildman–Crippen MR) is 141 cm³/mol. The van der Waals surface area contributed by atoms with Crippen molar-refractivity contribution in [2.45, 2.75) is 41.2 Å². The number of aromatic nitrogens is 1. The number of nitrogens with zero attached hydrogens (tertiary/aromatic N) is 1. The van der Waals surface area contributed by atoms with Crippen molar-refractivity contribution in [1.82, 2.24) is 4.57 Å². The minimum atomic E-state index is -0.479. The summed E-state index contributed by atoms with van der Waals surface area (Å²) in [4.78, 5) is 27.4. The lowest BCUT2D eigenvalue weighted by Gasteiger charge is -2.11.